The van der Waals surface area contributed by atoms with Crippen molar-refractivity contribution in [1.29, 1.82) is 0 Å². The second-order valence-corrected chi connectivity index (χ2v) is 4.07. The van der Waals surface area contributed by atoms with Gasteiger partial charge in [-0.3, -0.25) is 0 Å². The lowest BCUT2D eigenvalue weighted by Gasteiger charge is -2.02. The molecular weight excluding hydrogens is 204 g/mol. The fourth-order valence-corrected chi connectivity index (χ4v) is 2.03. The summed E-state index contributed by atoms with van der Waals surface area (Å²) >= 11 is 0. The third-order valence-electron chi connectivity index (χ3n) is 2.76. The van der Waals surface area contributed by atoms with Gasteiger partial charge in [-0.15, -0.1) is 0 Å². The first-order chi connectivity index (χ1) is 7.74. The zero-order valence-electron chi connectivity index (χ0n) is 8.93. The number of hydrogen-bond acceptors (Lipinski definition) is 4. The highest BCUT2D eigenvalue weighted by atomic mass is 16.5. The number of anilines is 1. The second kappa shape index (κ2) is 3.27. The van der Waals surface area contributed by atoms with Crippen LogP contribution in [0.2, 0.25) is 0 Å². The Hall–Kier alpha value is -1.97. The van der Waals surface area contributed by atoms with Crippen LogP contribution in [0.25, 0.3) is 11.3 Å². The van der Waals surface area contributed by atoms with Crippen LogP contribution in [-0.2, 0) is 6.42 Å². The normalized spacial score (nSPS) is 18.2. The molecule has 1 unspecified atom stereocenters. The summed E-state index contributed by atoms with van der Waals surface area (Å²) in [5.74, 6) is 1.58. The van der Waals surface area contributed by atoms with Crippen molar-refractivity contribution in [2.24, 2.45) is 0 Å². The summed E-state index contributed by atoms with van der Waals surface area (Å²) in [6, 6.07) is 5.94. The molecule has 3 rings (SSSR count). The minimum absolute atomic E-state index is 0.248. The van der Waals surface area contributed by atoms with Gasteiger partial charge in [-0.05, 0) is 30.7 Å². The third-order valence-corrected chi connectivity index (χ3v) is 2.76. The molecule has 2 N–H and O–H groups in total. The molecule has 1 atom stereocenters. The molecule has 16 heavy (non-hydrogen) atoms. The van der Waals surface area contributed by atoms with Crippen molar-refractivity contribution < 1.29 is 9.26 Å². The lowest BCUT2D eigenvalue weighted by molar-refractivity contribution is 0.254. The molecule has 0 aliphatic carbocycles. The van der Waals surface area contributed by atoms with E-state index < -0.39 is 0 Å². The Bertz CT molecular complexity index is 534. The van der Waals surface area contributed by atoms with Gasteiger partial charge < -0.3 is 15.0 Å². The van der Waals surface area contributed by atoms with Gasteiger partial charge in [0.1, 0.15) is 17.5 Å². The van der Waals surface area contributed by atoms with Crippen molar-refractivity contribution in [3.63, 3.8) is 0 Å². The number of nitrogen functional groups attached to an aromatic ring is 1. The maximum atomic E-state index is 5.76. The maximum Gasteiger partial charge on any atom is 0.189 e. The van der Waals surface area contributed by atoms with E-state index in [4.69, 9.17) is 15.0 Å². The van der Waals surface area contributed by atoms with E-state index in [0.29, 0.717) is 11.4 Å². The molecule has 4 heteroatoms. The van der Waals surface area contributed by atoms with Crippen LogP contribution in [-0.4, -0.2) is 11.3 Å². The highest BCUT2D eigenvalue weighted by Gasteiger charge is 2.20. The fraction of sp³-hybridized carbons (Fsp3) is 0.250. The van der Waals surface area contributed by atoms with Crippen LogP contribution in [0.3, 0.4) is 0 Å². The third kappa shape index (κ3) is 1.34. The van der Waals surface area contributed by atoms with Crippen LogP contribution in [0, 0.1) is 0 Å². The van der Waals surface area contributed by atoms with E-state index in [1.165, 1.54) is 11.8 Å². The Morgan fingerprint density at radius 1 is 1.44 bits per heavy atom. The zero-order chi connectivity index (χ0) is 11.1. The Labute approximate surface area is 93.0 Å². The van der Waals surface area contributed by atoms with Gasteiger partial charge in [0.15, 0.2) is 5.76 Å². The van der Waals surface area contributed by atoms with Gasteiger partial charge in [-0.2, -0.15) is 0 Å². The predicted molar refractivity (Wildman–Crippen MR) is 60.1 cm³/mol. The van der Waals surface area contributed by atoms with Crippen LogP contribution in [0.4, 0.5) is 5.69 Å². The van der Waals surface area contributed by atoms with E-state index in [2.05, 4.69) is 18.1 Å². The van der Waals surface area contributed by atoms with E-state index in [1.54, 1.807) is 0 Å². The van der Waals surface area contributed by atoms with Crippen molar-refractivity contribution in [3.8, 4) is 17.1 Å². The SMILES string of the molecule is CC1Cc2cc(-c3oncc3N)ccc2O1. The number of nitrogens with two attached hydrogens (primary N) is 1. The molecule has 4 nitrogen and oxygen atoms in total. The second-order valence-electron chi connectivity index (χ2n) is 4.07. The maximum absolute atomic E-state index is 5.76. The predicted octanol–water partition coefficient (Wildman–Crippen LogP) is 2.25. The first-order valence-electron chi connectivity index (χ1n) is 5.24. The van der Waals surface area contributed by atoms with Gasteiger partial charge in [0, 0.05) is 12.0 Å². The van der Waals surface area contributed by atoms with Gasteiger partial charge in [-0.25, -0.2) is 0 Å². The van der Waals surface area contributed by atoms with E-state index in [-0.39, 0.29) is 6.10 Å². The van der Waals surface area contributed by atoms with Crippen LogP contribution in [0.15, 0.2) is 28.9 Å². The van der Waals surface area contributed by atoms with Gasteiger partial charge in [0.25, 0.3) is 0 Å². The summed E-state index contributed by atoms with van der Waals surface area (Å²) in [6.45, 7) is 2.06. The molecule has 82 valence electrons. The zero-order valence-corrected chi connectivity index (χ0v) is 8.93. The largest absolute Gasteiger partial charge is 0.490 e. The molecule has 0 bridgehead atoms. The molecule has 0 amide bonds. The molecule has 1 aromatic carbocycles. The first kappa shape index (κ1) is 9.27. The quantitative estimate of drug-likeness (QED) is 0.794. The number of nitrogens with zero attached hydrogens (tertiary/aromatic N) is 1. The van der Waals surface area contributed by atoms with Crippen molar-refractivity contribution in [1.82, 2.24) is 5.16 Å². The summed E-state index contributed by atoms with van der Waals surface area (Å²) in [5, 5.41) is 3.68. The molecule has 0 radical (unpaired) electrons. The molecule has 1 aromatic heterocycles. The first-order valence-corrected chi connectivity index (χ1v) is 5.24. The molecule has 0 saturated heterocycles. The van der Waals surface area contributed by atoms with Crippen LogP contribution < -0.4 is 10.5 Å². The number of hydrogen-bond donors (Lipinski definition) is 1. The topological polar surface area (TPSA) is 61.3 Å². The van der Waals surface area contributed by atoms with Crippen molar-refractivity contribution in [3.05, 3.63) is 30.0 Å². The van der Waals surface area contributed by atoms with Crippen molar-refractivity contribution in [2.75, 3.05) is 5.73 Å². The minimum atomic E-state index is 0.248. The number of rotatable bonds is 1. The van der Waals surface area contributed by atoms with E-state index >= 15 is 0 Å². The lowest BCUT2D eigenvalue weighted by atomic mass is 10.1. The van der Waals surface area contributed by atoms with Gasteiger partial charge in [0.2, 0.25) is 0 Å². The van der Waals surface area contributed by atoms with Crippen molar-refractivity contribution >= 4 is 5.69 Å². The molecule has 0 fully saturated rings. The molecule has 2 aromatic rings. The van der Waals surface area contributed by atoms with Crippen LogP contribution in [0.1, 0.15) is 12.5 Å². The smallest absolute Gasteiger partial charge is 0.189 e. The van der Waals surface area contributed by atoms with Gasteiger partial charge in [-0.1, -0.05) is 5.16 Å². The van der Waals surface area contributed by atoms with Crippen molar-refractivity contribution in [2.45, 2.75) is 19.4 Å². The molecule has 0 spiro atoms. The number of benzene rings is 1. The highest BCUT2D eigenvalue weighted by Crippen LogP contribution is 2.34. The minimum Gasteiger partial charge on any atom is -0.490 e. The van der Waals surface area contributed by atoms with E-state index in [9.17, 15) is 0 Å². The summed E-state index contributed by atoms with van der Waals surface area (Å²) in [4.78, 5) is 0. The summed E-state index contributed by atoms with van der Waals surface area (Å²) in [5.41, 5.74) is 8.47. The summed E-state index contributed by atoms with van der Waals surface area (Å²) in [6.07, 6.45) is 2.69. The van der Waals surface area contributed by atoms with Gasteiger partial charge in [0.05, 0.1) is 6.20 Å². The fourth-order valence-electron chi connectivity index (χ4n) is 2.03. The molecule has 1 aliphatic heterocycles. The summed E-state index contributed by atoms with van der Waals surface area (Å²) in [7, 11) is 0. The molecule has 1 aliphatic rings. The molecule has 2 heterocycles. The number of fused-ring (bicyclic) bond motifs is 1. The number of ether oxygens (including phenoxy) is 1. The monoisotopic (exact) mass is 216 g/mol. The van der Waals surface area contributed by atoms with E-state index in [1.807, 2.05) is 12.1 Å². The average Bonchev–Trinajstić information content (AvgIpc) is 2.81. The van der Waals surface area contributed by atoms with E-state index in [0.717, 1.165) is 17.7 Å². The van der Waals surface area contributed by atoms with Crippen LogP contribution in [0.5, 0.6) is 5.75 Å². The Morgan fingerprint density at radius 3 is 3.06 bits per heavy atom. The van der Waals surface area contributed by atoms with Gasteiger partial charge >= 0.3 is 0 Å². The Balaban J connectivity index is 2.06. The lowest BCUT2D eigenvalue weighted by Crippen LogP contribution is -2.05. The number of aromatic nitrogens is 1. The summed E-state index contributed by atoms with van der Waals surface area (Å²) < 4.78 is 10.8. The average molecular weight is 216 g/mol. The highest BCUT2D eigenvalue weighted by molar-refractivity contribution is 5.71. The Morgan fingerprint density at radius 2 is 2.31 bits per heavy atom. The Kier molecular flexibility index (Phi) is 1.89. The van der Waals surface area contributed by atoms with Crippen LogP contribution >= 0.6 is 0 Å². The molecular formula is C12H12N2O2. The standard InChI is InChI=1S/C12H12N2O2/c1-7-4-9-5-8(2-3-11(9)15-7)12-10(13)6-14-16-12/h2-3,5-7H,4,13H2,1H3. The molecule has 0 saturated carbocycles.